The summed E-state index contributed by atoms with van der Waals surface area (Å²) in [6.45, 7) is 6.99. The molecular weight excluding hydrogens is 340 g/mol. The average Bonchev–Trinajstić information content (AvgIpc) is 2.67. The van der Waals surface area contributed by atoms with Crippen molar-refractivity contribution < 1.29 is 9.15 Å². The molecule has 140 valence electrons. The van der Waals surface area contributed by atoms with Crippen molar-refractivity contribution in [3.63, 3.8) is 0 Å². The molecule has 1 saturated heterocycles. The summed E-state index contributed by atoms with van der Waals surface area (Å²) in [7, 11) is 1.64. The molecule has 4 rings (SSSR count). The van der Waals surface area contributed by atoms with Crippen molar-refractivity contribution in [1.29, 1.82) is 0 Å². The van der Waals surface area contributed by atoms with Gasteiger partial charge in [-0.2, -0.15) is 0 Å². The fourth-order valence-electron chi connectivity index (χ4n) is 3.71. The number of nitrogens with zero attached hydrogens (tertiary/aromatic N) is 1. The van der Waals surface area contributed by atoms with Crippen LogP contribution in [-0.4, -0.2) is 32.8 Å². The van der Waals surface area contributed by atoms with Crippen molar-refractivity contribution in [3.8, 4) is 16.9 Å². The second kappa shape index (κ2) is 7.08. The minimum absolute atomic E-state index is 0.321. The lowest BCUT2D eigenvalue weighted by molar-refractivity contribution is 0.412. The highest BCUT2D eigenvalue weighted by molar-refractivity contribution is 5.84. The van der Waals surface area contributed by atoms with Gasteiger partial charge in [-0.1, -0.05) is 6.07 Å². The predicted molar refractivity (Wildman–Crippen MR) is 109 cm³/mol. The van der Waals surface area contributed by atoms with Gasteiger partial charge in [0.1, 0.15) is 11.3 Å². The maximum Gasteiger partial charge on any atom is 0.344 e. The maximum atomic E-state index is 12.6. The van der Waals surface area contributed by atoms with Crippen molar-refractivity contribution in [2.75, 3.05) is 31.6 Å². The number of hydrogen-bond donors (Lipinski definition) is 1. The van der Waals surface area contributed by atoms with Gasteiger partial charge in [0, 0.05) is 42.8 Å². The molecule has 0 bridgehead atoms. The number of piperazine rings is 1. The number of hydrogen-bond acceptors (Lipinski definition) is 5. The Hall–Kier alpha value is -2.79. The number of aryl methyl sites for hydroxylation is 1. The second-order valence-electron chi connectivity index (χ2n) is 7.16. The Kier molecular flexibility index (Phi) is 4.62. The number of ether oxygens (including phenoxy) is 1. The molecule has 2 heterocycles. The third-order valence-electron chi connectivity index (χ3n) is 5.16. The molecule has 0 radical (unpaired) electrons. The van der Waals surface area contributed by atoms with Crippen LogP contribution in [0.4, 0.5) is 5.69 Å². The zero-order valence-electron chi connectivity index (χ0n) is 15.9. The highest BCUT2D eigenvalue weighted by Crippen LogP contribution is 2.28. The lowest BCUT2D eigenvalue weighted by Gasteiger charge is -2.33. The van der Waals surface area contributed by atoms with Gasteiger partial charge in [0.2, 0.25) is 0 Å². The molecular formula is C22H24N2O3. The zero-order valence-corrected chi connectivity index (χ0v) is 15.9. The summed E-state index contributed by atoms with van der Waals surface area (Å²) in [5.41, 5.74) is 3.78. The van der Waals surface area contributed by atoms with Crippen LogP contribution < -0.4 is 20.6 Å². The van der Waals surface area contributed by atoms with E-state index in [-0.39, 0.29) is 5.63 Å². The van der Waals surface area contributed by atoms with Crippen LogP contribution in [-0.2, 0) is 0 Å². The molecule has 27 heavy (non-hydrogen) atoms. The standard InChI is InChI=1S/C22H24N2O3/c1-14-10-16(5-7-20(14)26-3)19-11-17-4-6-18(12-21(17)27-22(19)25)24-9-8-23-15(2)13-24/h4-7,10-12,15,23H,8-9,13H2,1-3H3/t15-/m0/s1. The largest absolute Gasteiger partial charge is 0.496 e. The van der Waals surface area contributed by atoms with Crippen LogP contribution in [0, 0.1) is 6.92 Å². The summed E-state index contributed by atoms with van der Waals surface area (Å²) >= 11 is 0. The van der Waals surface area contributed by atoms with Gasteiger partial charge < -0.3 is 19.4 Å². The van der Waals surface area contributed by atoms with Gasteiger partial charge >= 0.3 is 5.63 Å². The van der Waals surface area contributed by atoms with Gasteiger partial charge in [0.15, 0.2) is 0 Å². The molecule has 1 N–H and O–H groups in total. The Morgan fingerprint density at radius 2 is 2.04 bits per heavy atom. The van der Waals surface area contributed by atoms with Gasteiger partial charge in [-0.05, 0) is 55.3 Å². The molecule has 0 unspecified atom stereocenters. The van der Waals surface area contributed by atoms with Crippen LogP contribution in [0.2, 0.25) is 0 Å². The van der Waals surface area contributed by atoms with E-state index in [0.29, 0.717) is 17.2 Å². The van der Waals surface area contributed by atoms with Crippen LogP contribution >= 0.6 is 0 Å². The van der Waals surface area contributed by atoms with Crippen LogP contribution in [0.5, 0.6) is 5.75 Å². The monoisotopic (exact) mass is 364 g/mol. The smallest absolute Gasteiger partial charge is 0.344 e. The Morgan fingerprint density at radius 3 is 2.78 bits per heavy atom. The third kappa shape index (κ3) is 3.43. The van der Waals surface area contributed by atoms with E-state index in [2.05, 4.69) is 23.2 Å². The van der Waals surface area contributed by atoms with Gasteiger partial charge in [0.05, 0.1) is 12.7 Å². The lowest BCUT2D eigenvalue weighted by Crippen LogP contribution is -2.49. The summed E-state index contributed by atoms with van der Waals surface area (Å²) in [6.07, 6.45) is 0. The minimum atomic E-state index is -0.321. The first-order valence-corrected chi connectivity index (χ1v) is 9.26. The summed E-state index contributed by atoms with van der Waals surface area (Å²) in [4.78, 5) is 14.9. The van der Waals surface area contributed by atoms with E-state index in [1.807, 2.05) is 43.3 Å². The Balaban J connectivity index is 1.73. The van der Waals surface area contributed by atoms with Crippen molar-refractivity contribution in [1.82, 2.24) is 5.32 Å². The Labute approximate surface area is 158 Å². The number of benzene rings is 2. The fourth-order valence-corrected chi connectivity index (χ4v) is 3.71. The maximum absolute atomic E-state index is 12.6. The highest BCUT2D eigenvalue weighted by atomic mass is 16.5. The Bertz CT molecular complexity index is 1040. The quantitative estimate of drug-likeness (QED) is 0.720. The number of fused-ring (bicyclic) bond motifs is 1. The van der Waals surface area contributed by atoms with E-state index in [1.54, 1.807) is 7.11 Å². The topological polar surface area (TPSA) is 54.7 Å². The molecule has 5 heteroatoms. The Morgan fingerprint density at radius 1 is 1.19 bits per heavy atom. The fraction of sp³-hybridized carbons (Fsp3) is 0.318. The normalized spacial score (nSPS) is 17.3. The van der Waals surface area contributed by atoms with E-state index in [9.17, 15) is 4.79 Å². The van der Waals surface area contributed by atoms with E-state index < -0.39 is 0 Å². The molecule has 0 amide bonds. The average molecular weight is 364 g/mol. The minimum Gasteiger partial charge on any atom is -0.496 e. The molecule has 5 nitrogen and oxygen atoms in total. The molecule has 0 saturated carbocycles. The molecule has 1 aliphatic rings. The highest BCUT2D eigenvalue weighted by Gasteiger charge is 2.17. The van der Waals surface area contributed by atoms with Crippen molar-refractivity contribution in [3.05, 3.63) is 58.4 Å². The lowest BCUT2D eigenvalue weighted by atomic mass is 10.0. The molecule has 3 aromatic rings. The van der Waals surface area contributed by atoms with Crippen molar-refractivity contribution >= 4 is 16.7 Å². The zero-order chi connectivity index (χ0) is 19.0. The van der Waals surface area contributed by atoms with E-state index in [4.69, 9.17) is 9.15 Å². The molecule has 0 aliphatic carbocycles. The molecule has 1 fully saturated rings. The molecule has 1 atom stereocenters. The van der Waals surface area contributed by atoms with E-state index in [1.165, 1.54) is 0 Å². The number of anilines is 1. The summed E-state index contributed by atoms with van der Waals surface area (Å²) in [5.74, 6) is 0.804. The summed E-state index contributed by atoms with van der Waals surface area (Å²) < 4.78 is 11.0. The third-order valence-corrected chi connectivity index (χ3v) is 5.16. The summed E-state index contributed by atoms with van der Waals surface area (Å²) in [6, 6.07) is 14.2. The van der Waals surface area contributed by atoms with Gasteiger partial charge in [0.25, 0.3) is 0 Å². The van der Waals surface area contributed by atoms with E-state index >= 15 is 0 Å². The van der Waals surface area contributed by atoms with Gasteiger partial charge in [-0.25, -0.2) is 4.79 Å². The van der Waals surface area contributed by atoms with Crippen LogP contribution in [0.25, 0.3) is 22.1 Å². The van der Waals surface area contributed by atoms with Gasteiger partial charge in [-0.15, -0.1) is 0 Å². The first kappa shape index (κ1) is 17.6. The molecule has 2 aromatic carbocycles. The summed E-state index contributed by atoms with van der Waals surface area (Å²) in [5, 5.41) is 4.36. The number of rotatable bonds is 3. The van der Waals surface area contributed by atoms with Crippen LogP contribution in [0.15, 0.2) is 51.7 Å². The second-order valence-corrected chi connectivity index (χ2v) is 7.16. The predicted octanol–water partition coefficient (Wildman–Crippen LogP) is 3.58. The number of methoxy groups -OCH3 is 1. The molecule has 1 aliphatic heterocycles. The van der Waals surface area contributed by atoms with Gasteiger partial charge in [-0.3, -0.25) is 0 Å². The van der Waals surface area contributed by atoms with E-state index in [0.717, 1.165) is 47.6 Å². The first-order valence-electron chi connectivity index (χ1n) is 9.26. The van der Waals surface area contributed by atoms with Crippen LogP contribution in [0.1, 0.15) is 12.5 Å². The molecule has 1 aromatic heterocycles. The molecule has 0 spiro atoms. The van der Waals surface area contributed by atoms with Crippen molar-refractivity contribution in [2.45, 2.75) is 19.9 Å². The number of nitrogens with one attached hydrogen (secondary N) is 1. The SMILES string of the molecule is COc1ccc(-c2cc3ccc(N4CCN[C@@H](C)C4)cc3oc2=O)cc1C. The van der Waals surface area contributed by atoms with Crippen LogP contribution in [0.3, 0.4) is 0 Å². The first-order chi connectivity index (χ1) is 13.0. The van der Waals surface area contributed by atoms with Crippen molar-refractivity contribution in [2.24, 2.45) is 0 Å².